The first-order chi connectivity index (χ1) is 14.8. The third kappa shape index (κ3) is 5.29. The van der Waals surface area contributed by atoms with Crippen LogP contribution in [0.1, 0.15) is 64.7 Å². The average molecular weight is 428 g/mol. The lowest BCUT2D eigenvalue weighted by atomic mass is 9.97. The number of carbonyl (C=O) groups excluding carboxylic acids is 2. The van der Waals surface area contributed by atoms with E-state index >= 15 is 0 Å². The van der Waals surface area contributed by atoms with Gasteiger partial charge in [0.25, 0.3) is 0 Å². The molecule has 0 spiro atoms. The number of unbranched alkanes of at least 4 members (excludes halogenated alkanes) is 1. The summed E-state index contributed by atoms with van der Waals surface area (Å²) >= 11 is 0. The molecule has 170 valence electrons. The fourth-order valence-corrected chi connectivity index (χ4v) is 4.46. The second-order valence-electron chi connectivity index (χ2n) is 9.15. The fourth-order valence-electron chi connectivity index (χ4n) is 4.46. The highest BCUT2D eigenvalue weighted by atomic mass is 16.3. The van der Waals surface area contributed by atoms with Gasteiger partial charge in [-0.1, -0.05) is 45.4 Å². The Hall–Kier alpha value is -2.34. The molecule has 1 saturated heterocycles. The number of hydrogen-bond acceptors (Lipinski definition) is 4. The Kier molecular flexibility index (Phi) is 7.76. The zero-order valence-corrected chi connectivity index (χ0v) is 19.3. The molecule has 2 amide bonds. The number of likely N-dealkylation sites (tertiary alicyclic amines) is 1. The van der Waals surface area contributed by atoms with Gasteiger partial charge in [-0.2, -0.15) is 0 Å². The Morgan fingerprint density at radius 1 is 1.26 bits per heavy atom. The van der Waals surface area contributed by atoms with Crippen molar-refractivity contribution in [1.82, 2.24) is 10.2 Å². The van der Waals surface area contributed by atoms with Crippen LogP contribution in [0, 0.1) is 5.92 Å². The molecule has 31 heavy (non-hydrogen) atoms. The molecule has 1 fully saturated rings. The Labute approximate surface area is 185 Å². The van der Waals surface area contributed by atoms with Crippen LogP contribution in [0.4, 0.5) is 0 Å². The van der Waals surface area contributed by atoms with Gasteiger partial charge in [-0.3, -0.25) is 9.59 Å². The van der Waals surface area contributed by atoms with Crippen LogP contribution < -0.4 is 11.1 Å². The van der Waals surface area contributed by atoms with Gasteiger partial charge in [0.2, 0.25) is 11.8 Å². The van der Waals surface area contributed by atoms with Gasteiger partial charge in [-0.05, 0) is 44.6 Å². The lowest BCUT2D eigenvalue weighted by molar-refractivity contribution is -0.138. The van der Waals surface area contributed by atoms with Crippen molar-refractivity contribution in [1.29, 1.82) is 0 Å². The van der Waals surface area contributed by atoms with Gasteiger partial charge in [0.15, 0.2) is 0 Å². The van der Waals surface area contributed by atoms with Crippen LogP contribution in [0.2, 0.25) is 0 Å². The molecule has 6 nitrogen and oxygen atoms in total. The second kappa shape index (κ2) is 10.3. The molecule has 3 rings (SSSR count). The summed E-state index contributed by atoms with van der Waals surface area (Å²) in [5, 5.41) is 4.02. The van der Waals surface area contributed by atoms with Crippen LogP contribution >= 0.6 is 0 Å². The Morgan fingerprint density at radius 2 is 2.00 bits per heavy atom. The zero-order valence-electron chi connectivity index (χ0n) is 19.3. The van der Waals surface area contributed by atoms with Crippen LogP contribution in [0.25, 0.3) is 11.0 Å². The summed E-state index contributed by atoms with van der Waals surface area (Å²) in [6.07, 6.45) is 5.83. The van der Waals surface area contributed by atoms with Crippen LogP contribution in [-0.2, 0) is 22.4 Å². The lowest BCUT2D eigenvalue weighted by Gasteiger charge is -2.31. The number of carbonyl (C=O) groups is 2. The van der Waals surface area contributed by atoms with Crippen LogP contribution in [0.3, 0.4) is 0 Å². The number of hydrogen-bond donors (Lipinski definition) is 2. The summed E-state index contributed by atoms with van der Waals surface area (Å²) < 4.78 is 6.20. The molecular formula is C25H37N3O3. The average Bonchev–Trinajstić information content (AvgIpc) is 3.34. The molecule has 0 aliphatic carbocycles. The van der Waals surface area contributed by atoms with Crippen molar-refractivity contribution >= 4 is 22.8 Å². The minimum atomic E-state index is -0.637. The van der Waals surface area contributed by atoms with E-state index in [0.717, 1.165) is 61.8 Å². The first-order valence-corrected chi connectivity index (χ1v) is 11.7. The van der Waals surface area contributed by atoms with Crippen molar-refractivity contribution in [2.24, 2.45) is 11.7 Å². The maximum Gasteiger partial charge on any atom is 0.245 e. The highest BCUT2D eigenvalue weighted by molar-refractivity contribution is 5.90. The minimum Gasteiger partial charge on any atom is -0.461 e. The van der Waals surface area contributed by atoms with Crippen molar-refractivity contribution in [3.8, 4) is 0 Å². The van der Waals surface area contributed by atoms with Crippen LogP contribution in [0.15, 0.2) is 28.7 Å². The molecule has 3 atom stereocenters. The SMILES string of the molecule is CCCCc1oc2ccccc2c1C[C@@H]1CCCN1C(=O)[C@@H](NC(=O)[C@H](C)N)C(C)C. The summed E-state index contributed by atoms with van der Waals surface area (Å²) in [5.74, 6) is 0.749. The van der Waals surface area contributed by atoms with E-state index in [1.54, 1.807) is 6.92 Å². The van der Waals surface area contributed by atoms with E-state index in [9.17, 15) is 9.59 Å². The van der Waals surface area contributed by atoms with Gasteiger partial charge in [0.1, 0.15) is 17.4 Å². The number of rotatable bonds is 9. The summed E-state index contributed by atoms with van der Waals surface area (Å²) in [6.45, 7) is 8.46. The molecular weight excluding hydrogens is 390 g/mol. The molecule has 0 bridgehead atoms. The first-order valence-electron chi connectivity index (χ1n) is 11.7. The largest absolute Gasteiger partial charge is 0.461 e. The van der Waals surface area contributed by atoms with E-state index in [1.807, 2.05) is 36.9 Å². The van der Waals surface area contributed by atoms with E-state index in [0.29, 0.717) is 0 Å². The highest BCUT2D eigenvalue weighted by Crippen LogP contribution is 2.32. The highest BCUT2D eigenvalue weighted by Gasteiger charge is 2.36. The summed E-state index contributed by atoms with van der Waals surface area (Å²) in [7, 11) is 0. The third-order valence-corrected chi connectivity index (χ3v) is 6.28. The van der Waals surface area contributed by atoms with Gasteiger partial charge in [0.05, 0.1) is 6.04 Å². The maximum absolute atomic E-state index is 13.5. The molecule has 3 N–H and O–H groups in total. The van der Waals surface area contributed by atoms with Gasteiger partial charge in [-0.25, -0.2) is 0 Å². The Bertz CT molecular complexity index is 903. The van der Waals surface area contributed by atoms with E-state index in [2.05, 4.69) is 18.3 Å². The first kappa shape index (κ1) is 23.3. The van der Waals surface area contributed by atoms with E-state index in [-0.39, 0.29) is 23.8 Å². The molecule has 2 heterocycles. The maximum atomic E-state index is 13.5. The van der Waals surface area contributed by atoms with Gasteiger partial charge in [0, 0.05) is 30.0 Å². The molecule has 0 unspecified atom stereocenters. The Balaban J connectivity index is 1.83. The number of fused-ring (bicyclic) bond motifs is 1. The number of aryl methyl sites for hydroxylation is 1. The summed E-state index contributed by atoms with van der Waals surface area (Å²) in [6, 6.07) is 7.10. The topological polar surface area (TPSA) is 88.6 Å². The number of furan rings is 1. The molecule has 1 aliphatic heterocycles. The van der Waals surface area contributed by atoms with Gasteiger partial charge >= 0.3 is 0 Å². The monoisotopic (exact) mass is 427 g/mol. The number of nitrogens with zero attached hydrogens (tertiary/aromatic N) is 1. The van der Waals surface area contributed by atoms with Gasteiger partial charge < -0.3 is 20.4 Å². The number of para-hydroxylation sites is 1. The summed E-state index contributed by atoms with van der Waals surface area (Å²) in [4.78, 5) is 27.6. The lowest BCUT2D eigenvalue weighted by Crippen LogP contribution is -2.55. The van der Waals surface area contributed by atoms with E-state index in [4.69, 9.17) is 10.2 Å². The van der Waals surface area contributed by atoms with Crippen molar-refractivity contribution in [3.63, 3.8) is 0 Å². The minimum absolute atomic E-state index is 0.00518. The molecule has 6 heteroatoms. The number of nitrogens with two attached hydrogens (primary N) is 1. The third-order valence-electron chi connectivity index (χ3n) is 6.28. The molecule has 0 saturated carbocycles. The van der Waals surface area contributed by atoms with Crippen molar-refractivity contribution in [2.45, 2.75) is 84.3 Å². The van der Waals surface area contributed by atoms with Crippen LogP contribution in [-0.4, -0.2) is 41.4 Å². The standard InChI is InChI=1S/C25H37N3O3/c1-5-6-12-22-20(19-11-7-8-13-21(19)31-22)15-18-10-9-14-28(18)25(30)23(16(2)3)27-24(29)17(4)26/h7-8,11,13,16-18,23H,5-6,9-10,12,14-15,26H2,1-4H3,(H,27,29)/t17-,18-,23-/m0/s1. The molecule has 2 aromatic rings. The van der Waals surface area contributed by atoms with Crippen molar-refractivity contribution in [2.75, 3.05) is 6.54 Å². The normalized spacial score (nSPS) is 18.5. The molecule has 1 aromatic heterocycles. The smallest absolute Gasteiger partial charge is 0.245 e. The van der Waals surface area contributed by atoms with E-state index < -0.39 is 12.1 Å². The fraction of sp³-hybridized carbons (Fsp3) is 0.600. The molecule has 0 radical (unpaired) electrons. The van der Waals surface area contributed by atoms with E-state index in [1.165, 1.54) is 5.56 Å². The number of nitrogens with one attached hydrogen (secondary N) is 1. The summed E-state index contributed by atoms with van der Waals surface area (Å²) in [5.41, 5.74) is 7.87. The number of amides is 2. The Morgan fingerprint density at radius 3 is 2.68 bits per heavy atom. The predicted octanol–water partition coefficient (Wildman–Crippen LogP) is 3.80. The van der Waals surface area contributed by atoms with Gasteiger partial charge in [-0.15, -0.1) is 0 Å². The van der Waals surface area contributed by atoms with Crippen LogP contribution in [0.5, 0.6) is 0 Å². The second-order valence-corrected chi connectivity index (χ2v) is 9.15. The quantitative estimate of drug-likeness (QED) is 0.637. The molecule has 1 aliphatic rings. The molecule has 1 aromatic carbocycles. The zero-order chi connectivity index (χ0) is 22.5. The predicted molar refractivity (Wildman–Crippen MR) is 124 cm³/mol. The van der Waals surface area contributed by atoms with Crippen molar-refractivity contribution < 1.29 is 14.0 Å². The van der Waals surface area contributed by atoms with Crippen molar-refractivity contribution in [3.05, 3.63) is 35.6 Å². The number of benzene rings is 1.